The second-order valence-electron chi connectivity index (χ2n) is 6.31. The molecule has 1 aromatic heterocycles. The molecule has 0 saturated carbocycles. The van der Waals surface area contributed by atoms with Gasteiger partial charge in [0.2, 0.25) is 5.91 Å². The van der Waals surface area contributed by atoms with Gasteiger partial charge < -0.3 is 19.3 Å². The molecule has 1 N–H and O–H groups in total. The average Bonchev–Trinajstić information content (AvgIpc) is 2.89. The van der Waals surface area contributed by atoms with Crippen LogP contribution in [0.4, 0.5) is 0 Å². The van der Waals surface area contributed by atoms with Gasteiger partial charge in [0, 0.05) is 44.0 Å². The molecule has 0 aliphatic carbocycles. The molecule has 1 amide bonds. The molecule has 0 aromatic carbocycles. The van der Waals surface area contributed by atoms with E-state index in [0.717, 1.165) is 0 Å². The van der Waals surface area contributed by atoms with Crippen molar-refractivity contribution in [2.24, 2.45) is 11.3 Å². The summed E-state index contributed by atoms with van der Waals surface area (Å²) in [5.41, 5.74) is -0.642. The summed E-state index contributed by atoms with van der Waals surface area (Å²) in [4.78, 5) is 37.4. The van der Waals surface area contributed by atoms with Crippen LogP contribution in [0.5, 0.6) is 0 Å². The van der Waals surface area contributed by atoms with Crippen molar-refractivity contribution in [2.45, 2.75) is 19.4 Å². The molecule has 1 unspecified atom stereocenters. The van der Waals surface area contributed by atoms with Gasteiger partial charge in [-0.3, -0.25) is 14.4 Å². The summed E-state index contributed by atoms with van der Waals surface area (Å²) < 4.78 is 6.69. The molecule has 2 saturated heterocycles. The molecule has 3 rings (SSSR count). The van der Waals surface area contributed by atoms with Gasteiger partial charge in [0.25, 0.3) is 5.56 Å². The van der Waals surface area contributed by atoms with Crippen LogP contribution in [0.2, 0.25) is 0 Å². The zero-order valence-corrected chi connectivity index (χ0v) is 12.8. The minimum absolute atomic E-state index is 0.0570. The predicted octanol–water partition coefficient (Wildman–Crippen LogP) is 0.188. The quantitative estimate of drug-likeness (QED) is 0.859. The van der Waals surface area contributed by atoms with Gasteiger partial charge in [-0.15, -0.1) is 0 Å². The first-order valence-electron chi connectivity index (χ1n) is 7.76. The molecule has 124 valence electrons. The van der Waals surface area contributed by atoms with Gasteiger partial charge in [0.15, 0.2) is 0 Å². The summed E-state index contributed by atoms with van der Waals surface area (Å²) in [5.74, 6) is -1.64. The Labute approximate surface area is 133 Å². The summed E-state index contributed by atoms with van der Waals surface area (Å²) in [5, 5.41) is 9.53. The third-order valence-corrected chi connectivity index (χ3v) is 4.99. The fourth-order valence-corrected chi connectivity index (χ4v) is 3.62. The highest BCUT2D eigenvalue weighted by molar-refractivity contribution is 5.79. The zero-order valence-electron chi connectivity index (χ0n) is 12.8. The van der Waals surface area contributed by atoms with E-state index in [-0.39, 0.29) is 24.6 Å². The third-order valence-electron chi connectivity index (χ3n) is 4.99. The minimum atomic E-state index is -0.862. The van der Waals surface area contributed by atoms with Crippen molar-refractivity contribution in [1.82, 2.24) is 9.47 Å². The van der Waals surface area contributed by atoms with Crippen molar-refractivity contribution >= 4 is 11.9 Å². The number of aromatic nitrogens is 1. The summed E-state index contributed by atoms with van der Waals surface area (Å²) in [6.07, 6.45) is 2.87. The highest BCUT2D eigenvalue weighted by Crippen LogP contribution is 2.44. The molecule has 2 aliphatic heterocycles. The Kier molecular flexibility index (Phi) is 4.21. The first-order chi connectivity index (χ1) is 11.0. The van der Waals surface area contributed by atoms with E-state index in [0.29, 0.717) is 32.6 Å². The molecule has 1 spiro atoms. The number of hydrogen-bond donors (Lipinski definition) is 1. The molecule has 23 heavy (non-hydrogen) atoms. The maximum atomic E-state index is 12.5. The SMILES string of the molecule is O=C(O)C1CN(C(=O)Cn2ccccc2=O)CC12CCOCC2. The lowest BCUT2D eigenvalue weighted by atomic mass is 9.72. The molecular weight excluding hydrogens is 300 g/mol. The van der Waals surface area contributed by atoms with Gasteiger partial charge in [-0.05, 0) is 18.9 Å². The van der Waals surface area contributed by atoms with E-state index in [4.69, 9.17) is 4.74 Å². The van der Waals surface area contributed by atoms with Gasteiger partial charge in [0.05, 0.1) is 5.92 Å². The summed E-state index contributed by atoms with van der Waals surface area (Å²) in [7, 11) is 0. The Morgan fingerprint density at radius 1 is 1.30 bits per heavy atom. The fraction of sp³-hybridized carbons (Fsp3) is 0.562. The minimum Gasteiger partial charge on any atom is -0.481 e. The van der Waals surface area contributed by atoms with E-state index >= 15 is 0 Å². The van der Waals surface area contributed by atoms with E-state index in [9.17, 15) is 19.5 Å². The number of pyridine rings is 1. The topological polar surface area (TPSA) is 88.8 Å². The second-order valence-corrected chi connectivity index (χ2v) is 6.31. The number of carbonyl (C=O) groups excluding carboxylic acids is 1. The van der Waals surface area contributed by atoms with Crippen LogP contribution in [-0.4, -0.2) is 52.8 Å². The van der Waals surface area contributed by atoms with Crippen molar-refractivity contribution in [1.29, 1.82) is 0 Å². The van der Waals surface area contributed by atoms with Crippen LogP contribution in [-0.2, 0) is 20.9 Å². The number of ether oxygens (including phenoxy) is 1. The number of carbonyl (C=O) groups is 2. The number of carboxylic acids is 1. The van der Waals surface area contributed by atoms with Crippen LogP contribution < -0.4 is 5.56 Å². The average molecular weight is 320 g/mol. The highest BCUT2D eigenvalue weighted by atomic mass is 16.5. The van der Waals surface area contributed by atoms with Crippen molar-refractivity contribution in [3.8, 4) is 0 Å². The van der Waals surface area contributed by atoms with Gasteiger partial charge >= 0.3 is 5.97 Å². The number of carboxylic acid groups (broad SMARTS) is 1. The van der Waals surface area contributed by atoms with E-state index in [2.05, 4.69) is 0 Å². The van der Waals surface area contributed by atoms with E-state index in [1.165, 1.54) is 10.6 Å². The van der Waals surface area contributed by atoms with Gasteiger partial charge in [-0.2, -0.15) is 0 Å². The normalized spacial score (nSPS) is 23.1. The predicted molar refractivity (Wildman–Crippen MR) is 80.9 cm³/mol. The maximum Gasteiger partial charge on any atom is 0.308 e. The van der Waals surface area contributed by atoms with E-state index in [1.807, 2.05) is 0 Å². The Balaban J connectivity index is 1.76. The standard InChI is InChI=1S/C16H20N2O5/c19-13-3-1-2-6-17(13)10-14(20)18-9-12(15(21)22)16(11-18)4-7-23-8-5-16/h1-3,6,12H,4-5,7-11H2,(H,21,22). The lowest BCUT2D eigenvalue weighted by Crippen LogP contribution is -2.40. The molecule has 1 atom stereocenters. The number of rotatable bonds is 3. The largest absolute Gasteiger partial charge is 0.481 e. The number of hydrogen-bond acceptors (Lipinski definition) is 4. The van der Waals surface area contributed by atoms with Crippen molar-refractivity contribution < 1.29 is 19.4 Å². The first-order valence-corrected chi connectivity index (χ1v) is 7.76. The number of amides is 1. The van der Waals surface area contributed by atoms with Crippen LogP contribution >= 0.6 is 0 Å². The number of aliphatic carboxylic acids is 1. The highest BCUT2D eigenvalue weighted by Gasteiger charge is 2.51. The van der Waals surface area contributed by atoms with Crippen molar-refractivity contribution in [3.05, 3.63) is 34.7 Å². The molecule has 7 heteroatoms. The van der Waals surface area contributed by atoms with E-state index in [1.54, 1.807) is 23.2 Å². The van der Waals surface area contributed by atoms with Crippen LogP contribution in [0.25, 0.3) is 0 Å². The molecular formula is C16H20N2O5. The van der Waals surface area contributed by atoms with Crippen LogP contribution in [0.15, 0.2) is 29.2 Å². The molecule has 1 aromatic rings. The molecule has 0 bridgehead atoms. The molecule has 0 radical (unpaired) electrons. The van der Waals surface area contributed by atoms with Gasteiger partial charge in [0.1, 0.15) is 6.54 Å². The third kappa shape index (κ3) is 3.01. The van der Waals surface area contributed by atoms with Gasteiger partial charge in [-0.1, -0.05) is 6.07 Å². The summed E-state index contributed by atoms with van der Waals surface area (Å²) >= 11 is 0. The first kappa shape index (κ1) is 15.7. The van der Waals surface area contributed by atoms with Crippen molar-refractivity contribution in [2.75, 3.05) is 26.3 Å². The monoisotopic (exact) mass is 320 g/mol. The summed E-state index contributed by atoms with van der Waals surface area (Å²) in [6.45, 7) is 1.63. The number of nitrogens with zero attached hydrogens (tertiary/aromatic N) is 2. The second kappa shape index (κ2) is 6.16. The Hall–Kier alpha value is -2.15. The fourth-order valence-electron chi connectivity index (χ4n) is 3.62. The zero-order chi connectivity index (χ0) is 16.4. The Morgan fingerprint density at radius 3 is 2.70 bits per heavy atom. The van der Waals surface area contributed by atoms with Crippen molar-refractivity contribution in [3.63, 3.8) is 0 Å². The van der Waals surface area contributed by atoms with Gasteiger partial charge in [-0.25, -0.2) is 0 Å². The number of likely N-dealkylation sites (tertiary alicyclic amines) is 1. The summed E-state index contributed by atoms with van der Waals surface area (Å²) in [6, 6.07) is 4.71. The van der Waals surface area contributed by atoms with E-state index < -0.39 is 17.3 Å². The lowest BCUT2D eigenvalue weighted by molar-refractivity contribution is -0.146. The Morgan fingerprint density at radius 2 is 2.04 bits per heavy atom. The van der Waals surface area contributed by atoms with Crippen LogP contribution in [0, 0.1) is 11.3 Å². The molecule has 2 aliphatic rings. The smallest absolute Gasteiger partial charge is 0.308 e. The molecule has 7 nitrogen and oxygen atoms in total. The van der Waals surface area contributed by atoms with Crippen LogP contribution in [0.1, 0.15) is 12.8 Å². The van der Waals surface area contributed by atoms with Crippen LogP contribution in [0.3, 0.4) is 0 Å². The molecule has 2 fully saturated rings. The Bertz CT molecular complexity index is 662. The lowest BCUT2D eigenvalue weighted by Gasteiger charge is -2.36. The maximum absolute atomic E-state index is 12.5. The molecule has 3 heterocycles.